The topological polar surface area (TPSA) is 0 Å². The van der Waals surface area contributed by atoms with Crippen LogP contribution in [0.15, 0.2) is 0 Å². The normalized spacial score (nSPS) is 0. The van der Waals surface area contributed by atoms with Crippen LogP contribution in [0.25, 0.3) is 0 Å². The predicted octanol–water partition coefficient (Wildman–Crippen LogP) is -8.16. The fraction of sp³-hybridized carbons (Fsp3) is 0. The quantitative estimate of drug-likeness (QED) is 0.362. The standard InChI is InChI=1S/8ClH.4Na.4H/h8*1H;;;;;;;;/q;;;;;;;;4*+1;4*-1. The van der Waals surface area contributed by atoms with Crippen molar-refractivity contribution in [1.29, 1.82) is 0 Å². The SMILES string of the molecule is Cl.Cl.Cl.Cl.Cl.Cl.Cl.Cl.[H-].[H-].[H-].[H-].[Na+].[Na+].[Na+].[Na+]. The molecule has 0 aromatic heterocycles. The molecule has 0 spiro atoms. The van der Waals surface area contributed by atoms with Crippen molar-refractivity contribution in [2.24, 2.45) is 0 Å². The van der Waals surface area contributed by atoms with Gasteiger partial charge in [0.2, 0.25) is 0 Å². The molecule has 0 aliphatic rings. The van der Waals surface area contributed by atoms with Crippen molar-refractivity contribution in [2.45, 2.75) is 0 Å². The Bertz CT molecular complexity index is 24.0. The summed E-state index contributed by atoms with van der Waals surface area (Å²) in [5.74, 6) is 0. The van der Waals surface area contributed by atoms with Gasteiger partial charge in [0.15, 0.2) is 0 Å². The van der Waals surface area contributed by atoms with Crippen LogP contribution in [0.3, 0.4) is 0 Å². The van der Waals surface area contributed by atoms with Gasteiger partial charge in [-0.15, -0.1) is 99.3 Å². The van der Waals surface area contributed by atoms with Crippen molar-refractivity contribution in [2.75, 3.05) is 0 Å². The molecule has 0 amide bonds. The summed E-state index contributed by atoms with van der Waals surface area (Å²) >= 11 is 0. The van der Waals surface area contributed by atoms with Gasteiger partial charge < -0.3 is 5.71 Å². The summed E-state index contributed by atoms with van der Waals surface area (Å²) in [6.07, 6.45) is 0. The molecular weight excluding hydrogens is 376 g/mol. The van der Waals surface area contributed by atoms with Crippen molar-refractivity contribution in [3.63, 3.8) is 0 Å². The molecule has 12 heavy (non-hydrogen) atoms. The first-order chi connectivity index (χ1) is 0. The molecule has 0 radical (unpaired) electrons. The second kappa shape index (κ2) is 115. The molecular formula is H12Cl8Na4. The van der Waals surface area contributed by atoms with Crippen molar-refractivity contribution >= 4 is 99.3 Å². The third-order valence-corrected chi connectivity index (χ3v) is 0. The van der Waals surface area contributed by atoms with E-state index in [0.29, 0.717) is 0 Å². The summed E-state index contributed by atoms with van der Waals surface area (Å²) < 4.78 is 0. The van der Waals surface area contributed by atoms with Crippen molar-refractivity contribution in [1.82, 2.24) is 0 Å². The molecule has 0 bridgehead atoms. The van der Waals surface area contributed by atoms with Crippen LogP contribution in [0.2, 0.25) is 0 Å². The Labute approximate surface area is 218 Å². The van der Waals surface area contributed by atoms with Gasteiger partial charge in [-0.05, 0) is 0 Å². The Balaban J connectivity index is 0. The van der Waals surface area contributed by atoms with E-state index >= 15 is 0 Å². The summed E-state index contributed by atoms with van der Waals surface area (Å²) in [5, 5.41) is 0. The van der Waals surface area contributed by atoms with Crippen LogP contribution in [0.4, 0.5) is 0 Å². The molecule has 0 saturated heterocycles. The van der Waals surface area contributed by atoms with Gasteiger partial charge in [0.1, 0.15) is 0 Å². The smallest absolute Gasteiger partial charge is 1.00 e. The molecule has 0 nitrogen and oxygen atoms in total. The maximum atomic E-state index is 0. The molecule has 0 unspecified atom stereocenters. The first kappa shape index (κ1) is 138. The van der Waals surface area contributed by atoms with Gasteiger partial charge in [0, 0.05) is 0 Å². The second-order valence-electron chi connectivity index (χ2n) is 0. The zero-order valence-corrected chi connectivity index (χ0v) is 21.8. The van der Waals surface area contributed by atoms with Gasteiger partial charge in [-0.1, -0.05) is 0 Å². The van der Waals surface area contributed by atoms with Gasteiger partial charge in [0.05, 0.1) is 0 Å². The van der Waals surface area contributed by atoms with E-state index in [0.717, 1.165) is 0 Å². The summed E-state index contributed by atoms with van der Waals surface area (Å²) in [5.41, 5.74) is 0. The molecule has 0 rings (SSSR count). The van der Waals surface area contributed by atoms with E-state index in [-0.39, 0.29) is 223 Å². The van der Waals surface area contributed by atoms with Gasteiger partial charge in [-0.3, -0.25) is 0 Å². The molecule has 72 valence electrons. The number of hydrogen-bond acceptors (Lipinski definition) is 0. The Hall–Kier alpha value is 6.32. The van der Waals surface area contributed by atoms with Crippen molar-refractivity contribution in [3.05, 3.63) is 0 Å². The van der Waals surface area contributed by atoms with Gasteiger partial charge in [-0.25, -0.2) is 0 Å². The molecule has 0 aromatic carbocycles. The maximum Gasteiger partial charge on any atom is 1.00 e. The Morgan fingerprint density at radius 3 is 0.250 bits per heavy atom. The van der Waals surface area contributed by atoms with E-state index in [2.05, 4.69) is 0 Å². The first-order valence-electron chi connectivity index (χ1n) is 0. The predicted molar refractivity (Wildman–Crippen MR) is 62.4 cm³/mol. The molecule has 0 aromatic rings. The molecule has 0 heterocycles. The van der Waals surface area contributed by atoms with Crippen molar-refractivity contribution < 1.29 is 124 Å². The largest absolute Gasteiger partial charge is 1.00 e. The van der Waals surface area contributed by atoms with Crippen LogP contribution in [0.1, 0.15) is 5.71 Å². The molecule has 0 N–H and O–H groups in total. The average molecular weight is 388 g/mol. The second-order valence-corrected chi connectivity index (χ2v) is 0. The van der Waals surface area contributed by atoms with E-state index < -0.39 is 0 Å². The summed E-state index contributed by atoms with van der Waals surface area (Å²) in [6.45, 7) is 0. The zero-order valence-electron chi connectivity index (χ0n) is 11.3. The van der Waals surface area contributed by atoms with Gasteiger partial charge in [0.25, 0.3) is 0 Å². The third-order valence-electron chi connectivity index (χ3n) is 0. The molecule has 12 heteroatoms. The van der Waals surface area contributed by atoms with Gasteiger partial charge >= 0.3 is 118 Å². The monoisotopic (exact) mass is 384 g/mol. The molecule has 0 atom stereocenters. The van der Waals surface area contributed by atoms with E-state index in [1.807, 2.05) is 0 Å². The van der Waals surface area contributed by atoms with E-state index in [4.69, 9.17) is 0 Å². The zero-order chi connectivity index (χ0) is 0. The average Bonchev–Trinajstić information content (AvgIpc) is 0. The van der Waals surface area contributed by atoms with Crippen LogP contribution >= 0.6 is 99.3 Å². The van der Waals surface area contributed by atoms with E-state index in [1.54, 1.807) is 0 Å². The fourth-order valence-electron chi connectivity index (χ4n) is 0. The van der Waals surface area contributed by atoms with Crippen LogP contribution in [-0.2, 0) is 0 Å². The van der Waals surface area contributed by atoms with Crippen LogP contribution in [-0.4, -0.2) is 0 Å². The van der Waals surface area contributed by atoms with Crippen LogP contribution in [0, 0.1) is 0 Å². The summed E-state index contributed by atoms with van der Waals surface area (Å²) in [4.78, 5) is 0. The maximum absolute atomic E-state index is 0. The minimum atomic E-state index is 0. The minimum Gasteiger partial charge on any atom is -1.00 e. The van der Waals surface area contributed by atoms with Gasteiger partial charge in [-0.2, -0.15) is 0 Å². The van der Waals surface area contributed by atoms with Crippen LogP contribution < -0.4 is 118 Å². The fourth-order valence-corrected chi connectivity index (χ4v) is 0. The van der Waals surface area contributed by atoms with Crippen LogP contribution in [0.5, 0.6) is 0 Å². The Kier molecular flexibility index (Phi) is 1320. The Morgan fingerprint density at radius 1 is 0.250 bits per heavy atom. The Morgan fingerprint density at radius 2 is 0.250 bits per heavy atom. The molecule has 0 saturated carbocycles. The van der Waals surface area contributed by atoms with E-state index in [1.165, 1.54) is 0 Å². The molecule has 0 aliphatic heterocycles. The van der Waals surface area contributed by atoms with E-state index in [9.17, 15) is 0 Å². The first-order valence-corrected chi connectivity index (χ1v) is 0. The molecule has 0 fully saturated rings. The number of rotatable bonds is 0. The molecule has 0 aliphatic carbocycles. The van der Waals surface area contributed by atoms with Crippen molar-refractivity contribution in [3.8, 4) is 0 Å². The number of hydrogen-bond donors (Lipinski definition) is 0. The minimum absolute atomic E-state index is 0. The third kappa shape index (κ3) is 95.9. The summed E-state index contributed by atoms with van der Waals surface area (Å²) in [7, 11) is 0. The number of halogens is 8. The summed E-state index contributed by atoms with van der Waals surface area (Å²) in [6, 6.07) is 0.